The van der Waals surface area contributed by atoms with Crippen LogP contribution in [-0.4, -0.2) is 41.7 Å². The Kier molecular flexibility index (Phi) is 5.00. The van der Waals surface area contributed by atoms with Gasteiger partial charge in [-0.1, -0.05) is 24.7 Å². The second-order valence-corrected chi connectivity index (χ2v) is 5.68. The minimum Gasteiger partial charge on any atom is -0.388 e. The van der Waals surface area contributed by atoms with Crippen LogP contribution in [0.1, 0.15) is 41.6 Å². The van der Waals surface area contributed by atoms with Gasteiger partial charge in [0.05, 0.1) is 12.1 Å². The van der Waals surface area contributed by atoms with E-state index in [9.17, 15) is 9.90 Å². The summed E-state index contributed by atoms with van der Waals surface area (Å²) in [4.78, 5) is 14.0. The third-order valence-electron chi connectivity index (χ3n) is 3.88. The maximum atomic E-state index is 12.4. The third kappa shape index (κ3) is 4.07. The number of amides is 1. The molecule has 1 saturated carbocycles. The molecule has 1 aromatic carbocycles. The Morgan fingerprint density at radius 1 is 1.33 bits per heavy atom. The van der Waals surface area contributed by atoms with E-state index in [1.807, 2.05) is 12.1 Å². The lowest BCUT2D eigenvalue weighted by molar-refractivity contribution is 0.0157. The molecule has 1 fully saturated rings. The first-order valence-corrected chi connectivity index (χ1v) is 7.31. The van der Waals surface area contributed by atoms with Crippen LogP contribution in [0.4, 0.5) is 0 Å². The zero-order chi connectivity index (χ0) is 15.3. The molecule has 4 nitrogen and oxygen atoms in total. The van der Waals surface area contributed by atoms with E-state index in [1.165, 1.54) is 0 Å². The molecule has 0 heterocycles. The summed E-state index contributed by atoms with van der Waals surface area (Å²) in [6.45, 7) is 0.711. The molecule has 0 unspecified atom stereocenters. The number of nitrogens with zero attached hydrogens (tertiary/aromatic N) is 1. The van der Waals surface area contributed by atoms with Crippen molar-refractivity contribution in [3.05, 3.63) is 35.4 Å². The molecule has 0 radical (unpaired) electrons. The number of likely N-dealkylation sites (N-methyl/N-ethyl adjacent to an activating group) is 1. The maximum absolute atomic E-state index is 12.4. The molecule has 0 saturated heterocycles. The molecule has 3 N–H and O–H groups in total. The van der Waals surface area contributed by atoms with Gasteiger partial charge in [0, 0.05) is 24.7 Å². The lowest BCUT2D eigenvalue weighted by Crippen LogP contribution is -2.42. The first-order valence-electron chi connectivity index (χ1n) is 7.31. The molecule has 0 aromatic heterocycles. The van der Waals surface area contributed by atoms with Crippen molar-refractivity contribution in [2.24, 2.45) is 5.73 Å². The Morgan fingerprint density at radius 3 is 2.52 bits per heavy atom. The van der Waals surface area contributed by atoms with Crippen LogP contribution in [0.15, 0.2) is 24.3 Å². The summed E-state index contributed by atoms with van der Waals surface area (Å²) in [7, 11) is 1.74. The van der Waals surface area contributed by atoms with Crippen LogP contribution in [0, 0.1) is 11.8 Å². The van der Waals surface area contributed by atoms with Crippen molar-refractivity contribution < 1.29 is 9.90 Å². The van der Waals surface area contributed by atoms with E-state index >= 15 is 0 Å². The number of carbonyl (C=O) groups excluding carboxylic acids is 1. The van der Waals surface area contributed by atoms with Gasteiger partial charge in [0.2, 0.25) is 0 Å². The van der Waals surface area contributed by atoms with Gasteiger partial charge >= 0.3 is 0 Å². The van der Waals surface area contributed by atoms with E-state index in [0.29, 0.717) is 18.7 Å². The number of rotatable bonds is 3. The van der Waals surface area contributed by atoms with Crippen LogP contribution in [0.2, 0.25) is 0 Å². The fourth-order valence-corrected chi connectivity index (χ4v) is 2.77. The van der Waals surface area contributed by atoms with Crippen LogP contribution in [0.5, 0.6) is 0 Å². The minimum atomic E-state index is -0.711. The summed E-state index contributed by atoms with van der Waals surface area (Å²) >= 11 is 0. The van der Waals surface area contributed by atoms with Gasteiger partial charge in [0.25, 0.3) is 5.91 Å². The van der Waals surface area contributed by atoms with Crippen LogP contribution in [-0.2, 0) is 0 Å². The molecule has 0 atom stereocenters. The topological polar surface area (TPSA) is 66.6 Å². The van der Waals surface area contributed by atoms with Crippen molar-refractivity contribution in [2.75, 3.05) is 20.1 Å². The zero-order valence-electron chi connectivity index (χ0n) is 12.4. The maximum Gasteiger partial charge on any atom is 0.253 e. The Balaban J connectivity index is 2.01. The molecule has 0 spiro atoms. The van der Waals surface area contributed by atoms with E-state index in [0.717, 1.165) is 31.2 Å². The smallest absolute Gasteiger partial charge is 0.253 e. The van der Waals surface area contributed by atoms with Gasteiger partial charge in [0.1, 0.15) is 0 Å². The number of aliphatic hydroxyl groups is 1. The van der Waals surface area contributed by atoms with Crippen molar-refractivity contribution >= 4 is 5.91 Å². The summed E-state index contributed by atoms with van der Waals surface area (Å²) in [6, 6.07) is 7.15. The molecule has 0 aliphatic heterocycles. The molecule has 1 amide bonds. The highest BCUT2D eigenvalue weighted by atomic mass is 16.3. The molecular weight excluding hydrogens is 264 g/mol. The summed E-state index contributed by atoms with van der Waals surface area (Å²) < 4.78 is 0. The van der Waals surface area contributed by atoms with E-state index in [2.05, 4.69) is 11.8 Å². The number of hydrogen-bond donors (Lipinski definition) is 2. The van der Waals surface area contributed by atoms with Gasteiger partial charge in [-0.2, -0.15) is 0 Å². The number of carbonyl (C=O) groups is 1. The summed E-state index contributed by atoms with van der Waals surface area (Å²) in [5, 5.41) is 10.4. The molecule has 112 valence electrons. The van der Waals surface area contributed by atoms with Gasteiger partial charge in [-0.15, -0.1) is 0 Å². The second-order valence-electron chi connectivity index (χ2n) is 5.68. The molecular formula is C17H22N2O2. The Labute approximate surface area is 125 Å². The quantitative estimate of drug-likeness (QED) is 0.825. The van der Waals surface area contributed by atoms with Gasteiger partial charge in [0.15, 0.2) is 0 Å². The normalized spacial score (nSPS) is 16.1. The molecule has 21 heavy (non-hydrogen) atoms. The van der Waals surface area contributed by atoms with Crippen molar-refractivity contribution in [1.29, 1.82) is 0 Å². The van der Waals surface area contributed by atoms with E-state index in [4.69, 9.17) is 5.73 Å². The highest BCUT2D eigenvalue weighted by Crippen LogP contribution is 2.30. The summed E-state index contributed by atoms with van der Waals surface area (Å²) in [5.74, 6) is 5.63. The number of hydrogen-bond acceptors (Lipinski definition) is 3. The van der Waals surface area contributed by atoms with Crippen LogP contribution in [0.3, 0.4) is 0 Å². The number of nitrogens with two attached hydrogens (primary N) is 1. The molecule has 4 heteroatoms. The lowest BCUT2D eigenvalue weighted by Gasteiger charge is -2.28. The molecule has 2 rings (SSSR count). The van der Waals surface area contributed by atoms with Crippen LogP contribution < -0.4 is 5.73 Å². The van der Waals surface area contributed by atoms with Crippen LogP contribution in [0.25, 0.3) is 0 Å². The Bertz CT molecular complexity index is 548. The average Bonchev–Trinajstić information content (AvgIpc) is 2.91. The van der Waals surface area contributed by atoms with Crippen molar-refractivity contribution in [3.63, 3.8) is 0 Å². The highest BCUT2D eigenvalue weighted by molar-refractivity contribution is 5.94. The van der Waals surface area contributed by atoms with Crippen molar-refractivity contribution in [1.82, 2.24) is 4.90 Å². The largest absolute Gasteiger partial charge is 0.388 e. The first-order chi connectivity index (χ1) is 10.0. The Morgan fingerprint density at radius 2 is 1.95 bits per heavy atom. The zero-order valence-corrected chi connectivity index (χ0v) is 12.4. The monoisotopic (exact) mass is 286 g/mol. The second kappa shape index (κ2) is 6.75. The van der Waals surface area contributed by atoms with Crippen molar-refractivity contribution in [2.45, 2.75) is 31.3 Å². The minimum absolute atomic E-state index is 0.0753. The van der Waals surface area contributed by atoms with Gasteiger partial charge in [-0.25, -0.2) is 0 Å². The molecule has 0 bridgehead atoms. The average molecular weight is 286 g/mol. The van der Waals surface area contributed by atoms with Crippen LogP contribution >= 0.6 is 0 Å². The SMILES string of the molecule is CN(CC1(O)CCCC1)C(=O)c1ccc(C#CCN)cc1. The summed E-state index contributed by atoms with van der Waals surface area (Å²) in [6.07, 6.45) is 3.62. The molecule has 1 aliphatic rings. The van der Waals surface area contributed by atoms with Gasteiger partial charge in [-0.05, 0) is 37.1 Å². The number of benzene rings is 1. The predicted molar refractivity (Wildman–Crippen MR) is 82.8 cm³/mol. The fourth-order valence-electron chi connectivity index (χ4n) is 2.77. The van der Waals surface area contributed by atoms with E-state index in [1.54, 1.807) is 24.1 Å². The standard InChI is InChI=1S/C17H22N2O2/c1-19(13-17(21)10-2-3-11-17)16(20)15-8-6-14(7-9-15)5-4-12-18/h6-9,21H,2-3,10-13,18H2,1H3. The van der Waals surface area contributed by atoms with Gasteiger partial charge < -0.3 is 15.7 Å². The fraction of sp³-hybridized carbons (Fsp3) is 0.471. The van der Waals surface area contributed by atoms with E-state index in [-0.39, 0.29) is 5.91 Å². The molecule has 1 aliphatic carbocycles. The summed E-state index contributed by atoms with van der Waals surface area (Å²) in [5.41, 5.74) is 6.07. The van der Waals surface area contributed by atoms with E-state index < -0.39 is 5.60 Å². The Hall–Kier alpha value is -1.83. The van der Waals surface area contributed by atoms with Crippen molar-refractivity contribution in [3.8, 4) is 11.8 Å². The lowest BCUT2D eigenvalue weighted by atomic mass is 10.0. The third-order valence-corrected chi connectivity index (χ3v) is 3.88. The predicted octanol–water partition coefficient (Wildman–Crippen LogP) is 1.37. The first kappa shape index (κ1) is 15.6. The highest BCUT2D eigenvalue weighted by Gasteiger charge is 2.33. The van der Waals surface area contributed by atoms with Gasteiger partial charge in [-0.3, -0.25) is 4.79 Å². The molecule has 1 aromatic rings.